The molecule has 3 aromatic rings. The SMILES string of the molecule is Cn1cccc(C(CC#Cc2c(C(N)=O)cnc(N)c2C=N)c2cc(F)ccc2F)c1=O. The molecule has 0 saturated carbocycles. The second-order valence-electron chi connectivity index (χ2n) is 6.96. The van der Waals surface area contributed by atoms with E-state index < -0.39 is 23.5 Å². The maximum atomic E-state index is 14.6. The molecule has 0 radical (unpaired) electrons. The summed E-state index contributed by atoms with van der Waals surface area (Å²) in [5, 5.41) is 7.56. The topological polar surface area (TPSA) is 128 Å². The molecule has 5 N–H and O–H groups in total. The van der Waals surface area contributed by atoms with E-state index in [-0.39, 0.29) is 45.6 Å². The number of rotatable bonds is 5. The monoisotopic (exact) mass is 435 g/mol. The summed E-state index contributed by atoms with van der Waals surface area (Å²) in [6.07, 6.45) is 3.52. The third kappa shape index (κ3) is 4.39. The van der Waals surface area contributed by atoms with Crippen LogP contribution in [0.15, 0.2) is 47.5 Å². The average Bonchev–Trinajstić information content (AvgIpc) is 2.75. The molecule has 3 rings (SSSR count). The summed E-state index contributed by atoms with van der Waals surface area (Å²) in [4.78, 5) is 28.3. The van der Waals surface area contributed by atoms with E-state index in [2.05, 4.69) is 16.8 Å². The molecule has 0 aliphatic carbocycles. The molecule has 0 aliphatic heterocycles. The first-order valence-electron chi connectivity index (χ1n) is 9.42. The Bertz CT molecular complexity index is 1340. The molecule has 9 heteroatoms. The fourth-order valence-electron chi connectivity index (χ4n) is 3.30. The number of primary amides is 1. The molecule has 0 spiro atoms. The van der Waals surface area contributed by atoms with Crippen LogP contribution in [-0.2, 0) is 7.05 Å². The number of pyridine rings is 2. The highest BCUT2D eigenvalue weighted by Gasteiger charge is 2.21. The maximum Gasteiger partial charge on any atom is 0.254 e. The van der Waals surface area contributed by atoms with Gasteiger partial charge in [-0.25, -0.2) is 13.8 Å². The average molecular weight is 435 g/mol. The lowest BCUT2D eigenvalue weighted by Gasteiger charge is -2.16. The molecular weight excluding hydrogens is 416 g/mol. The molecule has 2 heterocycles. The van der Waals surface area contributed by atoms with E-state index in [0.29, 0.717) is 0 Å². The molecule has 2 aromatic heterocycles. The molecule has 32 heavy (non-hydrogen) atoms. The molecule has 1 amide bonds. The second-order valence-corrected chi connectivity index (χ2v) is 6.96. The largest absolute Gasteiger partial charge is 0.383 e. The minimum atomic E-state index is -0.891. The number of nitrogens with zero attached hydrogens (tertiary/aromatic N) is 2. The van der Waals surface area contributed by atoms with Crippen LogP contribution in [0.25, 0.3) is 0 Å². The number of halogens is 2. The highest BCUT2D eigenvalue weighted by atomic mass is 19.1. The van der Waals surface area contributed by atoms with Crippen molar-refractivity contribution in [2.45, 2.75) is 12.3 Å². The number of aryl methyl sites for hydroxylation is 1. The van der Waals surface area contributed by atoms with Crippen molar-refractivity contribution in [1.29, 1.82) is 5.41 Å². The van der Waals surface area contributed by atoms with Crippen LogP contribution >= 0.6 is 0 Å². The number of carbonyl (C=O) groups is 1. The molecule has 162 valence electrons. The summed E-state index contributed by atoms with van der Waals surface area (Å²) in [6.45, 7) is 0. The number of nitrogen functional groups attached to an aromatic ring is 1. The van der Waals surface area contributed by atoms with E-state index in [0.717, 1.165) is 30.6 Å². The van der Waals surface area contributed by atoms with Crippen molar-refractivity contribution >= 4 is 17.9 Å². The number of benzene rings is 1. The van der Waals surface area contributed by atoms with Crippen LogP contribution in [-0.4, -0.2) is 21.7 Å². The number of amides is 1. The number of carbonyl (C=O) groups excluding carboxylic acids is 1. The van der Waals surface area contributed by atoms with Crippen molar-refractivity contribution in [3.63, 3.8) is 0 Å². The summed E-state index contributed by atoms with van der Waals surface area (Å²) in [7, 11) is 1.55. The van der Waals surface area contributed by atoms with Gasteiger partial charge in [-0.3, -0.25) is 9.59 Å². The molecule has 0 fully saturated rings. The van der Waals surface area contributed by atoms with Gasteiger partial charge in [-0.05, 0) is 29.8 Å². The summed E-state index contributed by atoms with van der Waals surface area (Å²) in [5.74, 6) is 2.50. The van der Waals surface area contributed by atoms with Gasteiger partial charge < -0.3 is 21.4 Å². The molecule has 7 nitrogen and oxygen atoms in total. The zero-order valence-corrected chi connectivity index (χ0v) is 17.0. The standard InChI is InChI=1S/C23H19F2N5O2/c1-30-9-3-6-16(23(30)32)14(17-10-13(24)7-8-20(17)25)4-2-5-15-18(11-26)21(27)29-12-19(15)22(28)31/h3,6-12,14,26H,4H2,1H3,(H2,27,29)(H2,28,31). The van der Waals surface area contributed by atoms with E-state index in [4.69, 9.17) is 16.9 Å². The highest BCUT2D eigenvalue weighted by Crippen LogP contribution is 2.28. The van der Waals surface area contributed by atoms with Crippen molar-refractivity contribution in [2.24, 2.45) is 12.8 Å². The van der Waals surface area contributed by atoms with Crippen LogP contribution in [0.2, 0.25) is 0 Å². The Morgan fingerprint density at radius 1 is 1.31 bits per heavy atom. The Labute approximate surface area is 182 Å². The van der Waals surface area contributed by atoms with Crippen LogP contribution in [0.1, 0.15) is 45.0 Å². The van der Waals surface area contributed by atoms with E-state index in [1.54, 1.807) is 19.3 Å². The van der Waals surface area contributed by atoms with Crippen molar-refractivity contribution in [3.05, 3.63) is 92.5 Å². The number of hydrogen-bond donors (Lipinski definition) is 3. The number of anilines is 1. The highest BCUT2D eigenvalue weighted by molar-refractivity contribution is 6.00. The number of nitrogens with two attached hydrogens (primary N) is 2. The Balaban J connectivity index is 2.15. The van der Waals surface area contributed by atoms with Gasteiger partial charge in [0.2, 0.25) is 0 Å². The third-order valence-corrected chi connectivity index (χ3v) is 4.94. The molecule has 0 saturated heterocycles. The predicted molar refractivity (Wildman–Crippen MR) is 116 cm³/mol. The number of aromatic nitrogens is 2. The minimum Gasteiger partial charge on any atom is -0.383 e. The lowest BCUT2D eigenvalue weighted by molar-refractivity contribution is 0.0999. The second kappa shape index (κ2) is 9.22. The van der Waals surface area contributed by atoms with Crippen molar-refractivity contribution in [3.8, 4) is 11.8 Å². The van der Waals surface area contributed by atoms with Crippen molar-refractivity contribution in [1.82, 2.24) is 9.55 Å². The summed E-state index contributed by atoms with van der Waals surface area (Å²) in [6, 6.07) is 6.15. The Morgan fingerprint density at radius 3 is 2.75 bits per heavy atom. The van der Waals surface area contributed by atoms with Crippen LogP contribution in [0, 0.1) is 28.9 Å². The summed E-state index contributed by atoms with van der Waals surface area (Å²) >= 11 is 0. The Kier molecular flexibility index (Phi) is 6.45. The molecule has 0 bridgehead atoms. The quantitative estimate of drug-likeness (QED) is 0.420. The lowest BCUT2D eigenvalue weighted by atomic mass is 9.88. The van der Waals surface area contributed by atoms with Gasteiger partial charge in [0, 0.05) is 43.6 Å². The first kappa shape index (κ1) is 22.4. The zero-order valence-electron chi connectivity index (χ0n) is 17.0. The Morgan fingerprint density at radius 2 is 2.06 bits per heavy atom. The van der Waals surface area contributed by atoms with E-state index >= 15 is 0 Å². The van der Waals surface area contributed by atoms with Crippen LogP contribution in [0.4, 0.5) is 14.6 Å². The fourth-order valence-corrected chi connectivity index (χ4v) is 3.30. The summed E-state index contributed by atoms with van der Waals surface area (Å²) in [5.41, 5.74) is 11.1. The predicted octanol–water partition coefficient (Wildman–Crippen LogP) is 2.31. The van der Waals surface area contributed by atoms with Gasteiger partial charge in [0.05, 0.1) is 16.7 Å². The smallest absolute Gasteiger partial charge is 0.254 e. The van der Waals surface area contributed by atoms with Gasteiger partial charge in [0.15, 0.2) is 0 Å². The van der Waals surface area contributed by atoms with Gasteiger partial charge in [-0.2, -0.15) is 0 Å². The third-order valence-electron chi connectivity index (χ3n) is 4.94. The van der Waals surface area contributed by atoms with E-state index in [9.17, 15) is 18.4 Å². The molecule has 1 unspecified atom stereocenters. The van der Waals surface area contributed by atoms with Crippen LogP contribution < -0.4 is 17.0 Å². The summed E-state index contributed by atoms with van der Waals surface area (Å²) < 4.78 is 29.8. The van der Waals surface area contributed by atoms with Gasteiger partial charge in [-0.15, -0.1) is 0 Å². The van der Waals surface area contributed by atoms with Gasteiger partial charge in [-0.1, -0.05) is 17.9 Å². The normalized spacial score (nSPS) is 11.3. The zero-order chi connectivity index (χ0) is 23.4. The van der Waals surface area contributed by atoms with Crippen LogP contribution in [0.3, 0.4) is 0 Å². The molecule has 1 aromatic carbocycles. The number of hydrogen-bond acceptors (Lipinski definition) is 5. The molecular formula is C23H19F2N5O2. The Hall–Kier alpha value is -4.32. The van der Waals surface area contributed by atoms with Gasteiger partial charge >= 0.3 is 0 Å². The molecule has 1 atom stereocenters. The minimum absolute atomic E-state index is 0.0149. The fraction of sp³-hybridized carbons (Fsp3) is 0.130. The van der Waals surface area contributed by atoms with E-state index in [1.165, 1.54) is 10.6 Å². The number of nitrogens with one attached hydrogen (secondary N) is 1. The lowest BCUT2D eigenvalue weighted by Crippen LogP contribution is -2.23. The van der Waals surface area contributed by atoms with Gasteiger partial charge in [0.25, 0.3) is 11.5 Å². The first-order valence-corrected chi connectivity index (χ1v) is 9.42. The van der Waals surface area contributed by atoms with Crippen LogP contribution in [0.5, 0.6) is 0 Å². The molecule has 0 aliphatic rings. The maximum absolute atomic E-state index is 14.6. The van der Waals surface area contributed by atoms with Crippen molar-refractivity contribution < 1.29 is 13.6 Å². The van der Waals surface area contributed by atoms with Gasteiger partial charge in [0.1, 0.15) is 17.5 Å². The van der Waals surface area contributed by atoms with E-state index in [1.807, 2.05) is 0 Å². The van der Waals surface area contributed by atoms with Crippen molar-refractivity contribution in [2.75, 3.05) is 5.73 Å². The first-order chi connectivity index (χ1) is 15.2.